The number of hydrogen-bond acceptors (Lipinski definition) is 4. The largest absolute Gasteiger partial charge is 0.493 e. The summed E-state index contributed by atoms with van der Waals surface area (Å²) in [5.41, 5.74) is 2.43. The van der Waals surface area contributed by atoms with Crippen molar-refractivity contribution in [3.63, 3.8) is 0 Å². The van der Waals surface area contributed by atoms with Crippen LogP contribution in [-0.4, -0.2) is 37.5 Å². The van der Waals surface area contributed by atoms with E-state index in [9.17, 15) is 14.0 Å². The zero-order valence-corrected chi connectivity index (χ0v) is 20.3. The lowest BCUT2D eigenvalue weighted by atomic mass is 10.0. The molecule has 0 aliphatic heterocycles. The van der Waals surface area contributed by atoms with Gasteiger partial charge < -0.3 is 19.7 Å². The molecule has 184 valence electrons. The molecule has 0 saturated heterocycles. The number of carbonyl (C=O) groups excluding carboxylic acids is 2. The van der Waals surface area contributed by atoms with Crippen LogP contribution >= 0.6 is 0 Å². The number of nitrogens with zero attached hydrogens (tertiary/aromatic N) is 1. The van der Waals surface area contributed by atoms with E-state index in [2.05, 4.69) is 5.32 Å². The molecule has 3 aromatic carbocycles. The minimum atomic E-state index is -0.820. The molecule has 0 heterocycles. The number of rotatable bonds is 11. The minimum Gasteiger partial charge on any atom is -0.493 e. The van der Waals surface area contributed by atoms with Crippen molar-refractivity contribution in [1.82, 2.24) is 10.2 Å². The van der Waals surface area contributed by atoms with Crippen LogP contribution in [0.2, 0.25) is 0 Å². The quantitative estimate of drug-likeness (QED) is 0.435. The van der Waals surface area contributed by atoms with Gasteiger partial charge in [-0.3, -0.25) is 9.59 Å². The minimum absolute atomic E-state index is 0.168. The second kappa shape index (κ2) is 12.6. The average Bonchev–Trinajstić information content (AvgIpc) is 2.89. The first-order valence-electron chi connectivity index (χ1n) is 11.5. The normalized spacial score (nSPS) is 11.4. The van der Waals surface area contributed by atoms with Gasteiger partial charge in [0.25, 0.3) is 0 Å². The van der Waals surface area contributed by atoms with E-state index in [-0.39, 0.29) is 30.6 Å². The highest BCUT2D eigenvalue weighted by atomic mass is 19.1. The van der Waals surface area contributed by atoms with E-state index in [1.54, 1.807) is 38.2 Å². The van der Waals surface area contributed by atoms with Gasteiger partial charge in [0, 0.05) is 19.5 Å². The van der Waals surface area contributed by atoms with E-state index in [0.717, 1.165) is 11.1 Å². The predicted octanol–water partition coefficient (Wildman–Crippen LogP) is 4.68. The van der Waals surface area contributed by atoms with Crippen molar-refractivity contribution in [2.45, 2.75) is 32.4 Å². The Balaban J connectivity index is 1.80. The molecule has 0 bridgehead atoms. The Morgan fingerprint density at radius 2 is 1.57 bits per heavy atom. The molecule has 1 unspecified atom stereocenters. The molecule has 0 fully saturated rings. The summed E-state index contributed by atoms with van der Waals surface area (Å²) < 4.78 is 24.0. The highest BCUT2D eigenvalue weighted by Gasteiger charge is 2.30. The summed E-state index contributed by atoms with van der Waals surface area (Å²) in [6.45, 7) is 2.33. The number of carbonyl (C=O) groups is 2. The molecular weight excluding hydrogens is 447 g/mol. The number of hydrogen-bond donors (Lipinski definition) is 1. The van der Waals surface area contributed by atoms with E-state index < -0.39 is 6.04 Å². The second-order valence-corrected chi connectivity index (χ2v) is 8.05. The second-order valence-electron chi connectivity index (χ2n) is 8.05. The standard InChI is InChI=1S/C28H31FN2O4/c1-4-26(32)31(19-21-10-13-23(29)14-11-21)27(22-8-6-5-7-9-22)28(33)30-17-16-20-12-15-24(34-2)25(18-20)35-3/h5-15,18,27H,4,16-17,19H2,1-3H3,(H,30,33). The molecule has 1 N–H and O–H groups in total. The molecule has 2 amide bonds. The molecule has 3 aromatic rings. The van der Waals surface area contributed by atoms with Gasteiger partial charge in [-0.05, 0) is 47.4 Å². The van der Waals surface area contributed by atoms with Crippen molar-refractivity contribution >= 4 is 11.8 Å². The third kappa shape index (κ3) is 6.82. The van der Waals surface area contributed by atoms with Gasteiger partial charge in [0.2, 0.25) is 11.8 Å². The summed E-state index contributed by atoms with van der Waals surface area (Å²) in [5.74, 6) is 0.463. The number of amides is 2. The molecule has 0 saturated carbocycles. The summed E-state index contributed by atoms with van der Waals surface area (Å²) in [4.78, 5) is 28.0. The van der Waals surface area contributed by atoms with Crippen molar-refractivity contribution in [3.05, 3.63) is 95.3 Å². The van der Waals surface area contributed by atoms with Gasteiger partial charge in [0.05, 0.1) is 14.2 Å². The zero-order chi connectivity index (χ0) is 25.2. The first-order valence-corrected chi connectivity index (χ1v) is 11.5. The van der Waals surface area contributed by atoms with E-state index >= 15 is 0 Å². The Morgan fingerprint density at radius 3 is 2.20 bits per heavy atom. The van der Waals surface area contributed by atoms with Crippen molar-refractivity contribution in [2.24, 2.45) is 0 Å². The third-order valence-electron chi connectivity index (χ3n) is 5.73. The van der Waals surface area contributed by atoms with Gasteiger partial charge in [0.15, 0.2) is 11.5 Å². The van der Waals surface area contributed by atoms with Crippen LogP contribution in [0.15, 0.2) is 72.8 Å². The number of nitrogens with one attached hydrogen (secondary N) is 1. The van der Waals surface area contributed by atoms with Gasteiger partial charge in [-0.15, -0.1) is 0 Å². The highest BCUT2D eigenvalue weighted by Crippen LogP contribution is 2.28. The Bertz CT molecular complexity index is 1120. The Labute approximate surface area is 205 Å². The third-order valence-corrected chi connectivity index (χ3v) is 5.73. The van der Waals surface area contributed by atoms with E-state index in [1.807, 2.05) is 48.5 Å². The topological polar surface area (TPSA) is 67.9 Å². The van der Waals surface area contributed by atoms with E-state index in [0.29, 0.717) is 30.0 Å². The van der Waals surface area contributed by atoms with Gasteiger partial charge in [-0.1, -0.05) is 55.5 Å². The number of halogens is 1. The maximum absolute atomic E-state index is 13.5. The lowest BCUT2D eigenvalue weighted by Gasteiger charge is -2.31. The molecule has 0 aromatic heterocycles. The van der Waals surface area contributed by atoms with Gasteiger partial charge in [0.1, 0.15) is 11.9 Å². The summed E-state index contributed by atoms with van der Waals surface area (Å²) in [6.07, 6.45) is 0.816. The molecule has 0 radical (unpaired) electrons. The molecule has 0 aliphatic carbocycles. The number of ether oxygens (including phenoxy) is 2. The summed E-state index contributed by atoms with van der Waals surface area (Å²) in [7, 11) is 3.16. The fraction of sp³-hybridized carbons (Fsp3) is 0.286. The van der Waals surface area contributed by atoms with Gasteiger partial charge in [-0.2, -0.15) is 0 Å². The van der Waals surface area contributed by atoms with E-state index in [1.165, 1.54) is 12.1 Å². The predicted molar refractivity (Wildman–Crippen MR) is 133 cm³/mol. The molecular formula is C28H31FN2O4. The number of benzene rings is 3. The molecule has 0 aliphatic rings. The van der Waals surface area contributed by atoms with Crippen molar-refractivity contribution in [2.75, 3.05) is 20.8 Å². The van der Waals surface area contributed by atoms with Crippen LogP contribution in [0.3, 0.4) is 0 Å². The van der Waals surface area contributed by atoms with Gasteiger partial charge in [-0.25, -0.2) is 4.39 Å². The van der Waals surface area contributed by atoms with Crippen LogP contribution in [0.1, 0.15) is 36.1 Å². The molecule has 3 rings (SSSR count). The first kappa shape index (κ1) is 25.7. The van der Waals surface area contributed by atoms with Crippen molar-refractivity contribution < 1.29 is 23.5 Å². The molecule has 7 heteroatoms. The van der Waals surface area contributed by atoms with Crippen molar-refractivity contribution in [1.29, 1.82) is 0 Å². The summed E-state index contributed by atoms with van der Waals surface area (Å²) in [5, 5.41) is 2.99. The smallest absolute Gasteiger partial charge is 0.247 e. The van der Waals surface area contributed by atoms with Crippen molar-refractivity contribution in [3.8, 4) is 11.5 Å². The van der Waals surface area contributed by atoms with Gasteiger partial charge >= 0.3 is 0 Å². The molecule has 0 spiro atoms. The zero-order valence-electron chi connectivity index (χ0n) is 20.3. The highest BCUT2D eigenvalue weighted by molar-refractivity contribution is 5.88. The van der Waals surface area contributed by atoms with Crippen LogP contribution in [0.4, 0.5) is 4.39 Å². The van der Waals surface area contributed by atoms with Crippen LogP contribution in [0.5, 0.6) is 11.5 Å². The Hall–Kier alpha value is -3.87. The van der Waals surface area contributed by atoms with Crippen LogP contribution in [-0.2, 0) is 22.6 Å². The maximum Gasteiger partial charge on any atom is 0.247 e. The lowest BCUT2D eigenvalue weighted by Crippen LogP contribution is -2.43. The maximum atomic E-state index is 13.5. The monoisotopic (exact) mass is 478 g/mol. The summed E-state index contributed by atoms with van der Waals surface area (Å²) >= 11 is 0. The van der Waals surface area contributed by atoms with Crippen LogP contribution in [0, 0.1) is 5.82 Å². The number of methoxy groups -OCH3 is 2. The molecule has 6 nitrogen and oxygen atoms in total. The van der Waals surface area contributed by atoms with E-state index in [4.69, 9.17) is 9.47 Å². The fourth-order valence-corrected chi connectivity index (χ4v) is 3.88. The fourth-order valence-electron chi connectivity index (χ4n) is 3.88. The molecule has 1 atom stereocenters. The average molecular weight is 479 g/mol. The lowest BCUT2D eigenvalue weighted by molar-refractivity contribution is -0.141. The van der Waals surface area contributed by atoms with Crippen LogP contribution in [0.25, 0.3) is 0 Å². The van der Waals surface area contributed by atoms with Crippen LogP contribution < -0.4 is 14.8 Å². The Kier molecular flexibility index (Phi) is 9.23. The summed E-state index contributed by atoms with van der Waals surface area (Å²) in [6, 6.07) is 20.0. The molecule has 35 heavy (non-hydrogen) atoms. The SMILES string of the molecule is CCC(=O)N(Cc1ccc(F)cc1)C(C(=O)NCCc1ccc(OC)c(OC)c1)c1ccccc1. The Morgan fingerprint density at radius 1 is 0.914 bits per heavy atom. The first-order chi connectivity index (χ1) is 17.0.